The van der Waals surface area contributed by atoms with Crippen LogP contribution in [-0.4, -0.2) is 11.2 Å². The molecule has 0 saturated heterocycles. The summed E-state index contributed by atoms with van der Waals surface area (Å²) in [4.78, 5) is 0. The third kappa shape index (κ3) is 3.78. The first-order chi connectivity index (χ1) is 9.47. The van der Waals surface area contributed by atoms with Gasteiger partial charge in [0.25, 0.3) is 0 Å². The number of aliphatic hydroxyl groups is 1. The molecule has 0 aliphatic heterocycles. The van der Waals surface area contributed by atoms with Crippen molar-refractivity contribution < 1.29 is 13.9 Å². The predicted molar refractivity (Wildman–Crippen MR) is 78.9 cm³/mol. The van der Waals surface area contributed by atoms with Gasteiger partial charge in [-0.05, 0) is 29.3 Å². The van der Waals surface area contributed by atoms with E-state index in [0.29, 0.717) is 5.02 Å². The van der Waals surface area contributed by atoms with Crippen LogP contribution >= 0.6 is 27.5 Å². The molecule has 0 heterocycles. The van der Waals surface area contributed by atoms with E-state index in [1.807, 2.05) is 6.07 Å². The van der Waals surface area contributed by atoms with Crippen LogP contribution in [0, 0.1) is 11.6 Å². The zero-order chi connectivity index (χ0) is 14.7. The highest BCUT2D eigenvalue weighted by molar-refractivity contribution is 9.10. The van der Waals surface area contributed by atoms with E-state index >= 15 is 0 Å². The minimum atomic E-state index is -0.909. The summed E-state index contributed by atoms with van der Waals surface area (Å²) in [5, 5.41) is 10.5. The maximum atomic E-state index is 13.5. The third-order valence-electron chi connectivity index (χ3n) is 2.96. The molecule has 0 aliphatic carbocycles. The lowest BCUT2D eigenvalue weighted by Gasteiger charge is -2.13. The summed E-state index contributed by atoms with van der Waals surface area (Å²) >= 11 is 9.35. The van der Waals surface area contributed by atoms with E-state index in [1.54, 1.807) is 12.1 Å². The quantitative estimate of drug-likeness (QED) is 0.848. The Morgan fingerprint density at radius 2 is 1.80 bits per heavy atom. The fourth-order valence-corrected chi connectivity index (χ4v) is 2.72. The number of hydrogen-bond donors (Lipinski definition) is 1. The van der Waals surface area contributed by atoms with Crippen LogP contribution in [0.5, 0.6) is 0 Å². The fraction of sp³-hybridized carbons (Fsp3) is 0.200. The summed E-state index contributed by atoms with van der Waals surface area (Å²) in [6.07, 6.45) is -0.511. The normalized spacial score (nSPS) is 12.4. The van der Waals surface area contributed by atoms with E-state index in [9.17, 15) is 13.9 Å². The van der Waals surface area contributed by atoms with Crippen LogP contribution in [0.2, 0.25) is 5.02 Å². The van der Waals surface area contributed by atoms with Crippen LogP contribution in [0.15, 0.2) is 40.9 Å². The fourth-order valence-electron chi connectivity index (χ4n) is 1.97. The highest BCUT2D eigenvalue weighted by atomic mass is 79.9. The molecule has 0 spiro atoms. The van der Waals surface area contributed by atoms with E-state index in [-0.39, 0.29) is 18.4 Å². The van der Waals surface area contributed by atoms with Gasteiger partial charge in [-0.15, -0.1) is 0 Å². The Balaban J connectivity index is 2.09. The van der Waals surface area contributed by atoms with Crippen LogP contribution in [0.4, 0.5) is 8.78 Å². The van der Waals surface area contributed by atoms with Crippen molar-refractivity contribution in [3.63, 3.8) is 0 Å². The maximum absolute atomic E-state index is 13.5. The van der Waals surface area contributed by atoms with Gasteiger partial charge in [-0.1, -0.05) is 45.7 Å². The van der Waals surface area contributed by atoms with Crippen molar-refractivity contribution in [1.82, 2.24) is 0 Å². The molecule has 1 atom stereocenters. The highest BCUT2D eigenvalue weighted by Gasteiger charge is 2.14. The van der Waals surface area contributed by atoms with E-state index in [1.165, 1.54) is 12.1 Å². The summed E-state index contributed by atoms with van der Waals surface area (Å²) in [7, 11) is 0. The molecule has 2 aromatic carbocycles. The lowest BCUT2D eigenvalue weighted by Crippen LogP contribution is -2.15. The van der Waals surface area contributed by atoms with Gasteiger partial charge in [-0.3, -0.25) is 0 Å². The molecule has 2 aromatic rings. The average molecular weight is 362 g/mol. The molecule has 0 aliphatic rings. The van der Waals surface area contributed by atoms with E-state index in [0.717, 1.165) is 16.1 Å². The number of hydrogen-bond acceptors (Lipinski definition) is 1. The smallest absolute Gasteiger partial charge is 0.162 e. The molecule has 0 bridgehead atoms. The van der Waals surface area contributed by atoms with Gasteiger partial charge in [0.15, 0.2) is 11.6 Å². The Bertz CT molecular complexity index is 619. The standard InChI is InChI=1S/C15H12BrClF2O/c16-11-5-4-9(13(17)8-11)6-12(20)7-10-2-1-3-14(18)15(10)19/h1-5,8,12,20H,6-7H2. The summed E-state index contributed by atoms with van der Waals surface area (Å²) in [6, 6.07) is 9.27. The molecular weight excluding hydrogens is 350 g/mol. The molecule has 0 amide bonds. The summed E-state index contributed by atoms with van der Waals surface area (Å²) in [6.45, 7) is 0. The second-order valence-corrected chi connectivity index (χ2v) is 5.83. The van der Waals surface area contributed by atoms with Crippen LogP contribution in [0.1, 0.15) is 11.1 Å². The Labute approximate surface area is 129 Å². The average Bonchev–Trinajstić information content (AvgIpc) is 2.38. The second kappa shape index (κ2) is 6.66. The molecular formula is C15H12BrClF2O. The SMILES string of the molecule is OC(Cc1ccc(Br)cc1Cl)Cc1cccc(F)c1F. The second-order valence-electron chi connectivity index (χ2n) is 4.51. The monoisotopic (exact) mass is 360 g/mol. The Hall–Kier alpha value is -0.970. The van der Waals surface area contributed by atoms with Crippen molar-refractivity contribution in [2.75, 3.05) is 0 Å². The Morgan fingerprint density at radius 1 is 1.10 bits per heavy atom. The number of benzene rings is 2. The van der Waals surface area contributed by atoms with Crippen molar-refractivity contribution >= 4 is 27.5 Å². The van der Waals surface area contributed by atoms with Crippen molar-refractivity contribution in [3.8, 4) is 0 Å². The van der Waals surface area contributed by atoms with Crippen LogP contribution in [-0.2, 0) is 12.8 Å². The van der Waals surface area contributed by atoms with Crippen molar-refractivity contribution in [2.45, 2.75) is 18.9 Å². The van der Waals surface area contributed by atoms with Crippen LogP contribution < -0.4 is 0 Å². The van der Waals surface area contributed by atoms with Crippen LogP contribution in [0.3, 0.4) is 0 Å². The molecule has 0 aromatic heterocycles. The van der Waals surface area contributed by atoms with Gasteiger partial charge in [0.1, 0.15) is 0 Å². The minimum Gasteiger partial charge on any atom is -0.392 e. The van der Waals surface area contributed by atoms with Gasteiger partial charge >= 0.3 is 0 Å². The van der Waals surface area contributed by atoms with Gasteiger partial charge in [0, 0.05) is 22.3 Å². The van der Waals surface area contributed by atoms with Crippen LogP contribution in [0.25, 0.3) is 0 Å². The summed E-state index contributed by atoms with van der Waals surface area (Å²) < 4.78 is 27.4. The first-order valence-corrected chi connectivity index (χ1v) is 7.19. The Kier molecular flexibility index (Phi) is 5.13. The summed E-state index contributed by atoms with van der Waals surface area (Å²) in [5.41, 5.74) is 0.921. The topological polar surface area (TPSA) is 20.2 Å². The lowest BCUT2D eigenvalue weighted by atomic mass is 10.0. The third-order valence-corrected chi connectivity index (χ3v) is 3.80. The van der Waals surface area contributed by atoms with E-state index in [4.69, 9.17) is 11.6 Å². The first-order valence-electron chi connectivity index (χ1n) is 6.02. The lowest BCUT2D eigenvalue weighted by molar-refractivity contribution is 0.174. The molecule has 1 N–H and O–H groups in total. The molecule has 5 heteroatoms. The predicted octanol–water partition coefficient (Wildman–Crippen LogP) is 4.53. The maximum Gasteiger partial charge on any atom is 0.162 e. The van der Waals surface area contributed by atoms with Crippen molar-refractivity contribution in [2.24, 2.45) is 0 Å². The molecule has 0 saturated carbocycles. The largest absolute Gasteiger partial charge is 0.392 e. The van der Waals surface area contributed by atoms with Gasteiger partial charge < -0.3 is 5.11 Å². The van der Waals surface area contributed by atoms with E-state index < -0.39 is 17.7 Å². The number of halogens is 4. The van der Waals surface area contributed by atoms with E-state index in [2.05, 4.69) is 15.9 Å². The molecule has 0 fully saturated rings. The number of aliphatic hydroxyl groups excluding tert-OH is 1. The molecule has 1 unspecified atom stereocenters. The van der Waals surface area contributed by atoms with Crippen molar-refractivity contribution in [3.05, 3.63) is 68.7 Å². The molecule has 0 radical (unpaired) electrons. The molecule has 2 rings (SSSR count). The first kappa shape index (κ1) is 15.4. The zero-order valence-corrected chi connectivity index (χ0v) is 12.8. The van der Waals surface area contributed by atoms with Gasteiger partial charge in [0.2, 0.25) is 0 Å². The van der Waals surface area contributed by atoms with Gasteiger partial charge in [-0.2, -0.15) is 0 Å². The van der Waals surface area contributed by atoms with Gasteiger partial charge in [-0.25, -0.2) is 8.78 Å². The van der Waals surface area contributed by atoms with Gasteiger partial charge in [0.05, 0.1) is 6.10 Å². The van der Waals surface area contributed by atoms with Crippen molar-refractivity contribution in [1.29, 1.82) is 0 Å². The molecule has 106 valence electrons. The number of rotatable bonds is 4. The zero-order valence-electron chi connectivity index (χ0n) is 10.4. The molecule has 1 nitrogen and oxygen atoms in total. The molecule has 20 heavy (non-hydrogen) atoms. The highest BCUT2D eigenvalue weighted by Crippen LogP contribution is 2.23. The minimum absolute atomic E-state index is 0.0377. The Morgan fingerprint density at radius 3 is 2.50 bits per heavy atom. The summed E-state index contributed by atoms with van der Waals surface area (Å²) in [5.74, 6) is -1.81.